The third-order valence-corrected chi connectivity index (χ3v) is 3.60. The number of carbonyl (C=O) groups is 1. The molecule has 1 aromatic rings. The maximum absolute atomic E-state index is 13.6. The first-order chi connectivity index (χ1) is 9.45. The van der Waals surface area contributed by atoms with Crippen molar-refractivity contribution in [2.45, 2.75) is 25.8 Å². The molecule has 0 saturated carbocycles. The summed E-state index contributed by atoms with van der Waals surface area (Å²) in [5, 5.41) is 13.6. The van der Waals surface area contributed by atoms with E-state index >= 15 is 0 Å². The zero-order valence-corrected chi connectivity index (χ0v) is 11.4. The molecule has 1 unspecified atom stereocenters. The molecule has 1 saturated heterocycles. The normalized spacial score (nSPS) is 18.1. The van der Waals surface area contributed by atoms with E-state index in [0.29, 0.717) is 6.54 Å². The van der Waals surface area contributed by atoms with Crippen LogP contribution in [0, 0.1) is 15.9 Å². The lowest BCUT2D eigenvalue weighted by Crippen LogP contribution is -2.34. The third kappa shape index (κ3) is 2.43. The molecule has 6 nitrogen and oxygen atoms in total. The summed E-state index contributed by atoms with van der Waals surface area (Å²) in [5.74, 6) is -1.16. The second-order valence-corrected chi connectivity index (χ2v) is 4.85. The fourth-order valence-electron chi connectivity index (χ4n) is 2.47. The minimum absolute atomic E-state index is 0.0465. The smallest absolute Gasteiger partial charge is 0.285 e. The highest BCUT2D eigenvalue weighted by Gasteiger charge is 2.31. The monoisotopic (exact) mass is 281 g/mol. The predicted octanol–water partition coefficient (Wildman–Crippen LogP) is 2.40. The number of halogens is 1. The summed E-state index contributed by atoms with van der Waals surface area (Å²) in [6.45, 7) is 2.47. The molecule has 108 valence electrons. The van der Waals surface area contributed by atoms with Gasteiger partial charge in [0.2, 0.25) is 0 Å². The van der Waals surface area contributed by atoms with Gasteiger partial charge in [0.05, 0.1) is 16.7 Å². The Morgan fingerprint density at radius 1 is 1.55 bits per heavy atom. The number of benzene rings is 1. The molecule has 0 bridgehead atoms. The van der Waals surface area contributed by atoms with Crippen LogP contribution >= 0.6 is 0 Å². The van der Waals surface area contributed by atoms with E-state index in [1.54, 1.807) is 4.90 Å². The lowest BCUT2D eigenvalue weighted by molar-refractivity contribution is -0.385. The van der Waals surface area contributed by atoms with E-state index in [9.17, 15) is 19.3 Å². The van der Waals surface area contributed by atoms with Gasteiger partial charge < -0.3 is 10.2 Å². The number of nitrogens with one attached hydrogen (secondary N) is 1. The van der Waals surface area contributed by atoms with Gasteiger partial charge in [0.1, 0.15) is 5.56 Å². The van der Waals surface area contributed by atoms with Crippen LogP contribution in [-0.2, 0) is 0 Å². The highest BCUT2D eigenvalue weighted by atomic mass is 19.1. The second kappa shape index (κ2) is 5.44. The summed E-state index contributed by atoms with van der Waals surface area (Å²) < 4.78 is 13.6. The molecule has 0 aromatic heterocycles. The summed E-state index contributed by atoms with van der Waals surface area (Å²) in [5.41, 5.74) is -0.495. The first-order valence-corrected chi connectivity index (χ1v) is 6.42. The van der Waals surface area contributed by atoms with Crippen LogP contribution in [-0.4, -0.2) is 35.4 Å². The number of anilines is 1. The van der Waals surface area contributed by atoms with Crippen LogP contribution in [0.4, 0.5) is 15.8 Å². The van der Waals surface area contributed by atoms with Crippen LogP contribution in [0.5, 0.6) is 0 Å². The Bertz CT molecular complexity index is 562. The molecule has 0 aliphatic carbocycles. The van der Waals surface area contributed by atoms with Crippen molar-refractivity contribution in [3.8, 4) is 0 Å². The lowest BCUT2D eigenvalue weighted by atomic mass is 10.1. The average Bonchev–Trinajstić information content (AvgIpc) is 2.83. The van der Waals surface area contributed by atoms with Crippen molar-refractivity contribution in [1.29, 1.82) is 0 Å². The number of nitro groups is 1. The van der Waals surface area contributed by atoms with Crippen LogP contribution in [0.15, 0.2) is 12.1 Å². The van der Waals surface area contributed by atoms with Gasteiger partial charge in [-0.1, -0.05) is 0 Å². The predicted molar refractivity (Wildman–Crippen MR) is 72.3 cm³/mol. The summed E-state index contributed by atoms with van der Waals surface area (Å²) >= 11 is 0. The first-order valence-electron chi connectivity index (χ1n) is 6.42. The van der Waals surface area contributed by atoms with Crippen molar-refractivity contribution in [3.63, 3.8) is 0 Å². The molecule has 0 spiro atoms. The third-order valence-electron chi connectivity index (χ3n) is 3.60. The van der Waals surface area contributed by atoms with Gasteiger partial charge in [0.25, 0.3) is 11.6 Å². The summed E-state index contributed by atoms with van der Waals surface area (Å²) in [4.78, 5) is 24.3. The molecule has 2 rings (SSSR count). The van der Waals surface area contributed by atoms with Gasteiger partial charge in [-0.15, -0.1) is 0 Å². The SMILES string of the molecule is CNc1cc(C(=O)N2CCCC2C)c([N+](=O)[O-])cc1F. The Labute approximate surface area is 115 Å². The fraction of sp³-hybridized carbons (Fsp3) is 0.462. The molecule has 1 atom stereocenters. The Hall–Kier alpha value is -2.18. The standard InChI is InChI=1S/C13H16FN3O3/c1-8-4-3-5-16(8)13(18)9-6-11(15-2)10(14)7-12(9)17(19)20/h6-8,15H,3-5H2,1-2H3. The maximum atomic E-state index is 13.6. The molecule has 1 aliphatic heterocycles. The topological polar surface area (TPSA) is 75.5 Å². The molecule has 1 aliphatic rings. The van der Waals surface area contributed by atoms with Crippen LogP contribution in [0.2, 0.25) is 0 Å². The zero-order chi connectivity index (χ0) is 14.9. The van der Waals surface area contributed by atoms with Gasteiger partial charge >= 0.3 is 0 Å². The van der Waals surface area contributed by atoms with Gasteiger partial charge in [0.15, 0.2) is 5.82 Å². The van der Waals surface area contributed by atoms with E-state index in [0.717, 1.165) is 18.9 Å². The minimum atomic E-state index is -0.745. The summed E-state index contributed by atoms with van der Waals surface area (Å²) in [6, 6.07) is 2.05. The van der Waals surface area contributed by atoms with Gasteiger partial charge in [-0.2, -0.15) is 0 Å². The van der Waals surface area contributed by atoms with E-state index in [-0.39, 0.29) is 17.3 Å². The van der Waals surface area contributed by atoms with Crippen LogP contribution in [0.3, 0.4) is 0 Å². The minimum Gasteiger partial charge on any atom is -0.386 e. The van der Waals surface area contributed by atoms with E-state index in [4.69, 9.17) is 0 Å². The molecule has 1 amide bonds. The first kappa shape index (κ1) is 14.2. The number of nitrogens with zero attached hydrogens (tertiary/aromatic N) is 2. The largest absolute Gasteiger partial charge is 0.386 e. The fourth-order valence-corrected chi connectivity index (χ4v) is 2.47. The van der Waals surface area contributed by atoms with E-state index in [2.05, 4.69) is 5.32 Å². The Balaban J connectivity index is 2.48. The summed E-state index contributed by atoms with van der Waals surface area (Å²) in [6.07, 6.45) is 1.75. The number of likely N-dealkylation sites (tertiary alicyclic amines) is 1. The van der Waals surface area contributed by atoms with Crippen molar-refractivity contribution < 1.29 is 14.1 Å². The molecule has 0 radical (unpaired) electrons. The Morgan fingerprint density at radius 3 is 2.75 bits per heavy atom. The van der Waals surface area contributed by atoms with Crippen molar-refractivity contribution >= 4 is 17.3 Å². The quantitative estimate of drug-likeness (QED) is 0.682. The van der Waals surface area contributed by atoms with Gasteiger partial charge in [-0.3, -0.25) is 14.9 Å². The zero-order valence-electron chi connectivity index (χ0n) is 11.4. The van der Waals surface area contributed by atoms with E-state index < -0.39 is 22.3 Å². The Morgan fingerprint density at radius 2 is 2.25 bits per heavy atom. The number of amides is 1. The number of nitro benzene ring substituents is 1. The highest BCUT2D eigenvalue weighted by Crippen LogP contribution is 2.29. The maximum Gasteiger partial charge on any atom is 0.285 e. The molecule has 20 heavy (non-hydrogen) atoms. The highest BCUT2D eigenvalue weighted by molar-refractivity contribution is 5.99. The second-order valence-electron chi connectivity index (χ2n) is 4.85. The molecule has 7 heteroatoms. The van der Waals surface area contributed by atoms with Crippen LogP contribution in [0.1, 0.15) is 30.1 Å². The summed E-state index contributed by atoms with van der Waals surface area (Å²) in [7, 11) is 1.50. The molecule has 1 N–H and O–H groups in total. The molecule has 1 heterocycles. The van der Waals surface area contributed by atoms with E-state index in [1.165, 1.54) is 13.1 Å². The van der Waals surface area contributed by atoms with E-state index in [1.807, 2.05) is 6.92 Å². The van der Waals surface area contributed by atoms with Crippen LogP contribution in [0.25, 0.3) is 0 Å². The molecule has 1 aromatic carbocycles. The van der Waals surface area contributed by atoms with Gasteiger partial charge in [0, 0.05) is 19.6 Å². The molecular formula is C13H16FN3O3. The van der Waals surface area contributed by atoms with Crippen molar-refractivity contribution in [3.05, 3.63) is 33.6 Å². The number of hydrogen-bond acceptors (Lipinski definition) is 4. The van der Waals surface area contributed by atoms with Crippen molar-refractivity contribution in [2.75, 3.05) is 18.9 Å². The molecular weight excluding hydrogens is 265 g/mol. The Kier molecular flexibility index (Phi) is 3.87. The average molecular weight is 281 g/mol. The number of rotatable bonds is 3. The van der Waals surface area contributed by atoms with Crippen molar-refractivity contribution in [2.24, 2.45) is 0 Å². The lowest BCUT2D eigenvalue weighted by Gasteiger charge is -2.21. The molecule has 1 fully saturated rings. The van der Waals surface area contributed by atoms with Crippen LogP contribution < -0.4 is 5.32 Å². The van der Waals surface area contributed by atoms with Gasteiger partial charge in [-0.05, 0) is 25.8 Å². The van der Waals surface area contributed by atoms with Gasteiger partial charge in [-0.25, -0.2) is 4.39 Å². The van der Waals surface area contributed by atoms with Crippen molar-refractivity contribution in [1.82, 2.24) is 4.90 Å². The number of hydrogen-bond donors (Lipinski definition) is 1. The number of carbonyl (C=O) groups excluding carboxylic acids is 1.